The van der Waals surface area contributed by atoms with Crippen LogP contribution in [-0.4, -0.2) is 37.2 Å². The van der Waals surface area contributed by atoms with Crippen molar-refractivity contribution in [1.29, 1.82) is 0 Å². The number of allylic oxidation sites excluding steroid dienone is 2. The van der Waals surface area contributed by atoms with Crippen LogP contribution in [0.3, 0.4) is 0 Å². The Balaban J connectivity index is 4.34. The van der Waals surface area contributed by atoms with Gasteiger partial charge in [0, 0.05) is 19.3 Å². The summed E-state index contributed by atoms with van der Waals surface area (Å²) in [5.41, 5.74) is 0. The first-order chi connectivity index (χ1) is 26.5. The second-order valence-electron chi connectivity index (χ2n) is 16.0. The Morgan fingerprint density at radius 3 is 0.926 bits per heavy atom. The van der Waals surface area contributed by atoms with Gasteiger partial charge in [-0.1, -0.05) is 206 Å². The number of hydrogen-bond donors (Lipinski definition) is 0. The Morgan fingerprint density at radius 1 is 0.352 bits per heavy atom. The van der Waals surface area contributed by atoms with E-state index >= 15 is 0 Å². The Kier molecular flexibility index (Phi) is 42.4. The van der Waals surface area contributed by atoms with Crippen molar-refractivity contribution < 1.29 is 28.6 Å². The maximum Gasteiger partial charge on any atom is 0.306 e. The maximum absolute atomic E-state index is 12.7. The van der Waals surface area contributed by atoms with E-state index in [1.165, 1.54) is 154 Å². The molecule has 0 aromatic heterocycles. The fraction of sp³-hybridized carbons (Fsp3) is 0.896. The number of rotatable bonds is 43. The van der Waals surface area contributed by atoms with E-state index < -0.39 is 6.10 Å². The minimum atomic E-state index is -0.764. The van der Waals surface area contributed by atoms with Crippen LogP contribution in [0.5, 0.6) is 0 Å². The first-order valence-electron chi connectivity index (χ1n) is 23.7. The zero-order valence-corrected chi connectivity index (χ0v) is 36.3. The molecular formula is C48H90O6. The summed E-state index contributed by atoms with van der Waals surface area (Å²) in [6.45, 7) is 6.62. The summed E-state index contributed by atoms with van der Waals surface area (Å²) < 4.78 is 16.7. The smallest absolute Gasteiger partial charge is 0.306 e. The van der Waals surface area contributed by atoms with Gasteiger partial charge in [0.25, 0.3) is 0 Å². The van der Waals surface area contributed by atoms with Crippen molar-refractivity contribution in [2.24, 2.45) is 0 Å². The quantitative estimate of drug-likeness (QED) is 0.0266. The lowest BCUT2D eigenvalue weighted by Gasteiger charge is -2.18. The van der Waals surface area contributed by atoms with E-state index in [-0.39, 0.29) is 31.1 Å². The van der Waals surface area contributed by atoms with E-state index in [1.807, 2.05) is 0 Å². The molecule has 0 aromatic rings. The molecule has 0 aliphatic rings. The van der Waals surface area contributed by atoms with E-state index in [9.17, 15) is 14.4 Å². The van der Waals surface area contributed by atoms with Crippen molar-refractivity contribution in [2.75, 3.05) is 13.2 Å². The van der Waals surface area contributed by atoms with Crippen LogP contribution in [0.25, 0.3) is 0 Å². The lowest BCUT2D eigenvalue weighted by molar-refractivity contribution is -0.167. The molecule has 0 aliphatic carbocycles. The summed E-state index contributed by atoms with van der Waals surface area (Å²) in [5.74, 6) is -0.868. The number of carbonyl (C=O) groups is 3. The number of ether oxygens (including phenoxy) is 3. The molecule has 0 N–H and O–H groups in total. The van der Waals surface area contributed by atoms with E-state index in [2.05, 4.69) is 32.9 Å². The highest BCUT2D eigenvalue weighted by Crippen LogP contribution is 2.15. The monoisotopic (exact) mass is 763 g/mol. The zero-order valence-electron chi connectivity index (χ0n) is 36.3. The summed E-state index contributed by atoms with van der Waals surface area (Å²) >= 11 is 0. The van der Waals surface area contributed by atoms with Crippen LogP contribution < -0.4 is 0 Å². The summed E-state index contributed by atoms with van der Waals surface area (Å²) in [6.07, 6.45) is 46.1. The SMILES string of the molecule is CCCCCCC/C=C\CCCCCCCC(=O)OC[C@@H](COC(=O)CCCCCCCCCCCCC)OC(=O)CCCCCCCCCCCCC. The molecule has 54 heavy (non-hydrogen) atoms. The molecule has 0 aliphatic heterocycles. The Bertz CT molecular complexity index is 839. The van der Waals surface area contributed by atoms with Crippen molar-refractivity contribution in [1.82, 2.24) is 0 Å². The fourth-order valence-electron chi connectivity index (χ4n) is 6.91. The standard InChI is InChI=1S/C48H90O6/c1-4-7-10-13-16-19-22-23-24-27-29-32-35-38-41-47(50)53-44-45(54-48(51)42-39-36-33-30-26-21-18-15-12-9-6-3)43-52-46(49)40-37-34-31-28-25-20-17-14-11-8-5-2/h22-23,45H,4-21,24-44H2,1-3H3/b23-22-/t45-/m1/s1. The minimum Gasteiger partial charge on any atom is -0.462 e. The first kappa shape index (κ1) is 52.2. The van der Waals surface area contributed by atoms with Gasteiger partial charge in [0.05, 0.1) is 0 Å². The van der Waals surface area contributed by atoms with Gasteiger partial charge in [-0.25, -0.2) is 0 Å². The van der Waals surface area contributed by atoms with Crippen LogP contribution in [0.1, 0.15) is 258 Å². The third kappa shape index (κ3) is 41.3. The van der Waals surface area contributed by atoms with Crippen molar-refractivity contribution in [3.63, 3.8) is 0 Å². The summed E-state index contributed by atoms with van der Waals surface area (Å²) in [5, 5.41) is 0. The number of unbranched alkanes of at least 4 members (excludes halogenated alkanes) is 30. The minimum absolute atomic E-state index is 0.0680. The molecule has 0 bridgehead atoms. The molecule has 0 saturated heterocycles. The zero-order chi connectivity index (χ0) is 39.4. The van der Waals surface area contributed by atoms with Gasteiger partial charge in [-0.15, -0.1) is 0 Å². The van der Waals surface area contributed by atoms with Gasteiger partial charge in [-0.3, -0.25) is 14.4 Å². The van der Waals surface area contributed by atoms with Crippen LogP contribution in [0, 0.1) is 0 Å². The molecule has 1 atom stereocenters. The molecule has 0 aromatic carbocycles. The molecule has 0 spiro atoms. The van der Waals surface area contributed by atoms with Crippen LogP contribution >= 0.6 is 0 Å². The Morgan fingerprint density at radius 2 is 0.611 bits per heavy atom. The second kappa shape index (κ2) is 43.9. The van der Waals surface area contributed by atoms with Crippen LogP contribution in [-0.2, 0) is 28.6 Å². The maximum atomic E-state index is 12.7. The highest BCUT2D eigenvalue weighted by molar-refractivity contribution is 5.71. The third-order valence-corrected chi connectivity index (χ3v) is 10.5. The molecule has 318 valence electrons. The third-order valence-electron chi connectivity index (χ3n) is 10.5. The molecule has 0 fully saturated rings. The van der Waals surface area contributed by atoms with Crippen molar-refractivity contribution >= 4 is 17.9 Å². The molecule has 0 amide bonds. The topological polar surface area (TPSA) is 78.9 Å². The number of hydrogen-bond acceptors (Lipinski definition) is 6. The molecule has 0 heterocycles. The van der Waals surface area contributed by atoms with Gasteiger partial charge < -0.3 is 14.2 Å². The van der Waals surface area contributed by atoms with Crippen molar-refractivity contribution in [3.8, 4) is 0 Å². The molecule has 0 radical (unpaired) electrons. The lowest BCUT2D eigenvalue weighted by Crippen LogP contribution is -2.30. The highest BCUT2D eigenvalue weighted by Gasteiger charge is 2.19. The molecule has 6 heteroatoms. The van der Waals surface area contributed by atoms with Gasteiger partial charge in [0.15, 0.2) is 6.10 Å². The van der Waals surface area contributed by atoms with Crippen molar-refractivity contribution in [2.45, 2.75) is 264 Å². The molecular weight excluding hydrogens is 673 g/mol. The van der Waals surface area contributed by atoms with Crippen molar-refractivity contribution in [3.05, 3.63) is 12.2 Å². The highest BCUT2D eigenvalue weighted by atomic mass is 16.6. The van der Waals surface area contributed by atoms with Gasteiger partial charge >= 0.3 is 17.9 Å². The average Bonchev–Trinajstić information content (AvgIpc) is 3.17. The van der Waals surface area contributed by atoms with Gasteiger partial charge in [-0.2, -0.15) is 0 Å². The van der Waals surface area contributed by atoms with Gasteiger partial charge in [-0.05, 0) is 44.9 Å². The molecule has 6 nitrogen and oxygen atoms in total. The van der Waals surface area contributed by atoms with E-state index in [0.29, 0.717) is 19.3 Å². The van der Waals surface area contributed by atoms with Crippen LogP contribution in [0.2, 0.25) is 0 Å². The average molecular weight is 763 g/mol. The van der Waals surface area contributed by atoms with Crippen LogP contribution in [0.15, 0.2) is 12.2 Å². The summed E-state index contributed by atoms with van der Waals surface area (Å²) in [7, 11) is 0. The van der Waals surface area contributed by atoms with E-state index in [0.717, 1.165) is 64.2 Å². The number of esters is 3. The predicted octanol–water partition coefficient (Wildman–Crippen LogP) is 15.0. The van der Waals surface area contributed by atoms with E-state index in [1.54, 1.807) is 0 Å². The summed E-state index contributed by atoms with van der Waals surface area (Å²) in [4.78, 5) is 37.7. The predicted molar refractivity (Wildman–Crippen MR) is 229 cm³/mol. The largest absolute Gasteiger partial charge is 0.462 e. The molecule has 0 rings (SSSR count). The van der Waals surface area contributed by atoms with Gasteiger partial charge in [0.1, 0.15) is 13.2 Å². The Labute approximate surface area is 335 Å². The first-order valence-corrected chi connectivity index (χ1v) is 23.7. The normalized spacial score (nSPS) is 12.0. The molecule has 0 unspecified atom stereocenters. The van der Waals surface area contributed by atoms with E-state index in [4.69, 9.17) is 14.2 Å². The lowest BCUT2D eigenvalue weighted by atomic mass is 10.1. The summed E-state index contributed by atoms with van der Waals surface area (Å²) in [6, 6.07) is 0. The fourth-order valence-corrected chi connectivity index (χ4v) is 6.91. The molecule has 0 saturated carbocycles. The number of carbonyl (C=O) groups excluding carboxylic acids is 3. The Hall–Kier alpha value is -1.85. The van der Waals surface area contributed by atoms with Gasteiger partial charge in [0.2, 0.25) is 0 Å². The van der Waals surface area contributed by atoms with Crippen LogP contribution in [0.4, 0.5) is 0 Å². The second-order valence-corrected chi connectivity index (χ2v) is 16.0.